The SMILES string of the molecule is CS(=O)(=O)CCN1CCN(c2ccc(S(=O)(=O)NCC(O)CN)c(S(N)(=O)=O)c2-c2nn[nH]n2)CC1. The Labute approximate surface area is 209 Å². The Balaban J connectivity index is 2.05. The summed E-state index contributed by atoms with van der Waals surface area (Å²) in [6.07, 6.45) is -0.0242. The van der Waals surface area contributed by atoms with E-state index in [0.717, 1.165) is 12.3 Å². The van der Waals surface area contributed by atoms with Crippen molar-refractivity contribution in [1.82, 2.24) is 30.2 Å². The van der Waals surface area contributed by atoms with Gasteiger partial charge in [-0.2, -0.15) is 5.21 Å². The highest BCUT2D eigenvalue weighted by Gasteiger charge is 2.34. The summed E-state index contributed by atoms with van der Waals surface area (Å²) in [6.45, 7) is 1.40. The number of nitrogens with two attached hydrogens (primary N) is 2. The van der Waals surface area contributed by atoms with Gasteiger partial charge in [0.1, 0.15) is 19.6 Å². The second kappa shape index (κ2) is 11.0. The Bertz CT molecular complexity index is 1370. The third-order valence-electron chi connectivity index (χ3n) is 5.51. The normalized spacial score (nSPS) is 16.8. The van der Waals surface area contributed by atoms with Crippen LogP contribution in [0.5, 0.6) is 0 Å². The molecule has 1 unspecified atom stereocenters. The average Bonchev–Trinajstić information content (AvgIpc) is 3.34. The molecule has 0 saturated carbocycles. The van der Waals surface area contributed by atoms with Gasteiger partial charge >= 0.3 is 0 Å². The van der Waals surface area contributed by atoms with Crippen molar-refractivity contribution in [2.75, 3.05) is 62.7 Å². The molecule has 1 aliphatic rings. The summed E-state index contributed by atoms with van der Waals surface area (Å²) in [5, 5.41) is 28.5. The number of aliphatic hydroxyl groups is 1. The third-order valence-corrected chi connectivity index (χ3v) is 9.03. The van der Waals surface area contributed by atoms with Crippen LogP contribution in [-0.4, -0.2) is 120 Å². The smallest absolute Gasteiger partial charge is 0.242 e. The van der Waals surface area contributed by atoms with E-state index in [9.17, 15) is 30.4 Å². The molecular weight excluding hydrogens is 538 g/mol. The Hall–Kier alpha value is -2.26. The predicted molar refractivity (Wildman–Crippen MR) is 130 cm³/mol. The van der Waals surface area contributed by atoms with Crippen LogP contribution in [0.1, 0.15) is 0 Å². The first-order valence-corrected chi connectivity index (χ1v) is 15.8. The Morgan fingerprint density at radius 2 is 1.81 bits per heavy atom. The lowest BCUT2D eigenvalue weighted by molar-refractivity contribution is 0.186. The lowest BCUT2D eigenvalue weighted by Gasteiger charge is -2.37. The summed E-state index contributed by atoms with van der Waals surface area (Å²) in [5.74, 6) is -0.178. The van der Waals surface area contributed by atoms with Crippen LogP contribution in [0.3, 0.4) is 0 Å². The van der Waals surface area contributed by atoms with Gasteiger partial charge in [0.15, 0.2) is 0 Å². The second-order valence-electron chi connectivity index (χ2n) is 8.27. The highest BCUT2D eigenvalue weighted by atomic mass is 32.2. The van der Waals surface area contributed by atoms with Crippen molar-refractivity contribution in [2.24, 2.45) is 10.9 Å². The van der Waals surface area contributed by atoms with E-state index in [4.69, 9.17) is 10.9 Å². The van der Waals surface area contributed by atoms with Crippen LogP contribution in [0.4, 0.5) is 5.69 Å². The molecule has 1 fully saturated rings. The van der Waals surface area contributed by atoms with E-state index in [1.807, 2.05) is 4.90 Å². The largest absolute Gasteiger partial charge is 0.390 e. The molecule has 2 heterocycles. The van der Waals surface area contributed by atoms with Crippen LogP contribution in [0.15, 0.2) is 21.9 Å². The number of anilines is 1. The first-order chi connectivity index (χ1) is 16.7. The molecule has 0 bridgehead atoms. The maximum Gasteiger partial charge on any atom is 0.242 e. The minimum absolute atomic E-state index is 0.00901. The summed E-state index contributed by atoms with van der Waals surface area (Å²) in [4.78, 5) is 2.39. The van der Waals surface area contributed by atoms with Crippen LogP contribution in [0.2, 0.25) is 0 Å². The van der Waals surface area contributed by atoms with E-state index in [2.05, 4.69) is 25.3 Å². The Kier molecular flexibility index (Phi) is 8.66. The summed E-state index contributed by atoms with van der Waals surface area (Å²) in [6, 6.07) is 2.52. The second-order valence-corrected chi connectivity index (χ2v) is 13.8. The fourth-order valence-corrected chi connectivity index (χ4v) is 6.93. The number of nitrogens with one attached hydrogen (secondary N) is 2. The molecule has 0 aliphatic carbocycles. The summed E-state index contributed by atoms with van der Waals surface area (Å²) >= 11 is 0. The van der Waals surface area contributed by atoms with E-state index in [1.54, 1.807) is 4.90 Å². The monoisotopic (exact) mass is 567 g/mol. The number of nitrogens with zero attached hydrogens (tertiary/aromatic N) is 5. The Morgan fingerprint density at radius 1 is 1.14 bits per heavy atom. The highest BCUT2D eigenvalue weighted by Crippen LogP contribution is 2.38. The van der Waals surface area contributed by atoms with Crippen LogP contribution >= 0.6 is 0 Å². The topological polar surface area (TPSA) is 248 Å². The number of aliphatic hydroxyl groups excluding tert-OH is 1. The molecule has 0 amide bonds. The molecule has 1 atom stereocenters. The number of sulfonamides is 2. The van der Waals surface area contributed by atoms with Gasteiger partial charge in [-0.1, -0.05) is 0 Å². The van der Waals surface area contributed by atoms with Gasteiger partial charge in [-0.25, -0.2) is 35.1 Å². The summed E-state index contributed by atoms with van der Waals surface area (Å²) in [5.41, 5.74) is 5.47. The zero-order valence-electron chi connectivity index (χ0n) is 19.4. The van der Waals surface area contributed by atoms with Gasteiger partial charge < -0.3 is 15.7 Å². The van der Waals surface area contributed by atoms with Gasteiger partial charge in [-0.3, -0.25) is 4.90 Å². The summed E-state index contributed by atoms with van der Waals surface area (Å²) in [7, 11) is -12.2. The van der Waals surface area contributed by atoms with E-state index >= 15 is 0 Å². The molecular formula is C17H29N9O7S3. The van der Waals surface area contributed by atoms with Crippen molar-refractivity contribution in [3.05, 3.63) is 12.1 Å². The molecule has 1 aliphatic heterocycles. The van der Waals surface area contributed by atoms with Crippen molar-refractivity contribution in [1.29, 1.82) is 0 Å². The number of aromatic amines is 1. The number of hydrogen-bond acceptors (Lipinski definition) is 13. The van der Waals surface area contributed by atoms with E-state index in [-0.39, 0.29) is 23.7 Å². The van der Waals surface area contributed by atoms with Gasteiger partial charge in [0.25, 0.3) is 0 Å². The number of benzene rings is 1. The molecule has 1 saturated heterocycles. The van der Waals surface area contributed by atoms with Crippen LogP contribution in [0, 0.1) is 0 Å². The molecule has 36 heavy (non-hydrogen) atoms. The van der Waals surface area contributed by atoms with Crippen LogP contribution in [0.25, 0.3) is 11.4 Å². The van der Waals surface area contributed by atoms with E-state index < -0.39 is 52.3 Å². The van der Waals surface area contributed by atoms with Gasteiger partial charge in [0, 0.05) is 57.8 Å². The number of aromatic nitrogens is 4. The van der Waals surface area contributed by atoms with Gasteiger partial charge in [-0.15, -0.1) is 10.2 Å². The molecule has 0 radical (unpaired) electrons. The predicted octanol–water partition coefficient (Wildman–Crippen LogP) is -3.72. The van der Waals surface area contributed by atoms with Crippen molar-refractivity contribution >= 4 is 35.6 Å². The third kappa shape index (κ3) is 6.94. The van der Waals surface area contributed by atoms with Gasteiger partial charge in [0.05, 0.1) is 17.4 Å². The highest BCUT2D eigenvalue weighted by molar-refractivity contribution is 7.92. The lowest BCUT2D eigenvalue weighted by Crippen LogP contribution is -2.48. The lowest BCUT2D eigenvalue weighted by atomic mass is 10.1. The molecule has 7 N–H and O–H groups in total. The van der Waals surface area contributed by atoms with E-state index in [0.29, 0.717) is 38.4 Å². The fraction of sp³-hybridized carbons (Fsp3) is 0.588. The van der Waals surface area contributed by atoms with Crippen LogP contribution < -0.4 is 20.5 Å². The van der Waals surface area contributed by atoms with Crippen LogP contribution in [-0.2, 0) is 29.9 Å². The first-order valence-electron chi connectivity index (χ1n) is 10.7. The quantitative estimate of drug-likeness (QED) is 0.175. The molecule has 3 rings (SSSR count). The standard InChI is InChI=1S/C17H29N9O7S3/c1-34(28,29)9-8-25-4-6-26(7-5-25)13-2-3-14(36(32,33)20-11-12(27)10-18)16(35(19,30)31)15(13)17-21-23-24-22-17/h2-3,12,20,27H,4-11,18H2,1H3,(H2,19,30,31)(H,21,22,23,24). The van der Waals surface area contributed by atoms with Gasteiger partial charge in [0.2, 0.25) is 25.9 Å². The number of hydrogen-bond donors (Lipinski definition) is 5. The average molecular weight is 568 g/mol. The molecule has 1 aromatic heterocycles. The minimum atomic E-state index is -4.65. The fourth-order valence-electron chi connectivity index (χ4n) is 3.67. The number of tetrazole rings is 1. The minimum Gasteiger partial charge on any atom is -0.390 e. The molecule has 202 valence electrons. The molecule has 19 heteroatoms. The zero-order valence-corrected chi connectivity index (χ0v) is 21.9. The molecule has 0 spiro atoms. The molecule has 1 aromatic carbocycles. The maximum absolute atomic E-state index is 13.0. The van der Waals surface area contributed by atoms with E-state index in [1.165, 1.54) is 6.07 Å². The molecule has 2 aromatic rings. The Morgan fingerprint density at radius 3 is 2.33 bits per heavy atom. The van der Waals surface area contributed by atoms with Crippen molar-refractivity contribution < 1.29 is 30.4 Å². The number of rotatable bonds is 11. The number of H-pyrrole nitrogens is 1. The number of sulfone groups is 1. The van der Waals surface area contributed by atoms with Gasteiger partial charge in [-0.05, 0) is 17.3 Å². The van der Waals surface area contributed by atoms with Crippen molar-refractivity contribution in [3.63, 3.8) is 0 Å². The van der Waals surface area contributed by atoms with Crippen molar-refractivity contribution in [3.8, 4) is 11.4 Å². The molecule has 16 nitrogen and oxygen atoms in total. The number of piperazine rings is 1. The number of primary sulfonamides is 1. The summed E-state index contributed by atoms with van der Waals surface area (Å²) < 4.78 is 76.6. The van der Waals surface area contributed by atoms with Crippen molar-refractivity contribution in [2.45, 2.75) is 15.9 Å². The zero-order chi connectivity index (χ0) is 26.7. The maximum atomic E-state index is 13.0. The first kappa shape index (κ1) is 28.3.